The van der Waals surface area contributed by atoms with Gasteiger partial charge in [0.15, 0.2) is 11.6 Å². The fourth-order valence-electron chi connectivity index (χ4n) is 3.07. The van der Waals surface area contributed by atoms with Gasteiger partial charge in [-0.05, 0) is 48.5 Å². The van der Waals surface area contributed by atoms with Crippen LogP contribution in [0.2, 0.25) is 0 Å². The second kappa shape index (κ2) is 10.7. The van der Waals surface area contributed by atoms with Crippen molar-refractivity contribution in [1.29, 1.82) is 0 Å². The molecular weight excluding hydrogens is 436 g/mol. The third-order valence-electron chi connectivity index (χ3n) is 4.84. The zero-order valence-electron chi connectivity index (χ0n) is 18.2. The van der Waals surface area contributed by atoms with Crippen molar-refractivity contribution in [3.05, 3.63) is 113 Å². The number of aromatic hydroxyl groups is 4. The predicted molar refractivity (Wildman–Crippen MR) is 126 cm³/mol. The molecule has 0 aliphatic carbocycles. The number of carbonyl (C=O) groups is 2. The first-order valence-corrected chi connectivity index (χ1v) is 10.1. The van der Waals surface area contributed by atoms with Gasteiger partial charge < -0.3 is 25.2 Å². The van der Waals surface area contributed by atoms with E-state index in [0.29, 0.717) is 11.1 Å². The number of phenols is 4. The van der Waals surface area contributed by atoms with Gasteiger partial charge in [0.05, 0.1) is 18.2 Å². The van der Waals surface area contributed by atoms with Gasteiger partial charge in [-0.2, -0.15) is 0 Å². The van der Waals surface area contributed by atoms with E-state index in [0.717, 1.165) is 17.9 Å². The summed E-state index contributed by atoms with van der Waals surface area (Å²) in [5, 5.41) is 37.4. The smallest absolute Gasteiger partial charge is 0.200 e. The summed E-state index contributed by atoms with van der Waals surface area (Å²) in [6.07, 6.45) is 0. The van der Waals surface area contributed by atoms with Crippen molar-refractivity contribution in [2.75, 3.05) is 7.11 Å². The molecule has 0 aliphatic rings. The summed E-state index contributed by atoms with van der Waals surface area (Å²) >= 11 is 0. The van der Waals surface area contributed by atoms with E-state index in [9.17, 15) is 19.8 Å². The highest BCUT2D eigenvalue weighted by Gasteiger charge is 2.17. The summed E-state index contributed by atoms with van der Waals surface area (Å²) in [7, 11) is 1.61. The molecule has 4 N–H and O–H groups in total. The number of ketones is 2. The van der Waals surface area contributed by atoms with Gasteiger partial charge in [0.1, 0.15) is 28.7 Å². The average Bonchev–Trinajstić information content (AvgIpc) is 2.84. The van der Waals surface area contributed by atoms with E-state index < -0.39 is 5.78 Å². The highest BCUT2D eigenvalue weighted by Crippen LogP contribution is 2.29. The van der Waals surface area contributed by atoms with E-state index in [1.54, 1.807) is 31.4 Å². The van der Waals surface area contributed by atoms with Crippen LogP contribution in [0.25, 0.3) is 0 Å². The molecule has 0 fully saturated rings. The molecule has 0 amide bonds. The number of methoxy groups -OCH3 is 1. The van der Waals surface area contributed by atoms with Crippen LogP contribution >= 0.6 is 0 Å². The molecule has 0 unspecified atom stereocenters. The predicted octanol–water partition coefficient (Wildman–Crippen LogP) is 4.67. The van der Waals surface area contributed by atoms with Crippen molar-refractivity contribution in [2.24, 2.45) is 0 Å². The Labute approximate surface area is 195 Å². The maximum absolute atomic E-state index is 12.0. The van der Waals surface area contributed by atoms with Gasteiger partial charge in [-0.3, -0.25) is 9.59 Å². The number of hydrogen-bond donors (Lipinski definition) is 4. The van der Waals surface area contributed by atoms with Crippen LogP contribution in [-0.4, -0.2) is 39.1 Å². The first-order chi connectivity index (χ1) is 16.3. The first kappa shape index (κ1) is 23.9. The molecule has 0 heterocycles. The van der Waals surface area contributed by atoms with Gasteiger partial charge in [0, 0.05) is 23.3 Å². The average molecular weight is 458 g/mol. The van der Waals surface area contributed by atoms with Crippen molar-refractivity contribution in [3.63, 3.8) is 0 Å². The molecule has 0 aliphatic heterocycles. The molecule has 0 radical (unpaired) electrons. The van der Waals surface area contributed by atoms with Crippen LogP contribution in [0.3, 0.4) is 0 Å². The van der Waals surface area contributed by atoms with Crippen molar-refractivity contribution >= 4 is 11.6 Å². The Balaban J connectivity index is 0.000000192. The van der Waals surface area contributed by atoms with Crippen LogP contribution in [-0.2, 0) is 0 Å². The molecule has 0 saturated carbocycles. The molecule has 172 valence electrons. The number of carbonyl (C=O) groups excluding carboxylic acids is 2. The van der Waals surface area contributed by atoms with Crippen LogP contribution in [0.15, 0.2) is 91.0 Å². The van der Waals surface area contributed by atoms with Crippen molar-refractivity contribution in [2.45, 2.75) is 0 Å². The normalized spacial score (nSPS) is 10.0. The maximum atomic E-state index is 12.0. The molecule has 0 atom stereocenters. The summed E-state index contributed by atoms with van der Waals surface area (Å²) in [5.41, 5.74) is 1.28. The standard InChI is InChI=1S/C14H12O2.C13H10O5/c1-16-13-9-7-12(8-10-13)14(15)11-5-3-2-4-6-11;14-7-1-3-9(11(16)5-7)13(18)10-4-2-8(15)6-12(10)17/h2-10H,1H3;1-6,14-17H. The van der Waals surface area contributed by atoms with Crippen molar-refractivity contribution in [1.82, 2.24) is 0 Å². The topological polar surface area (TPSA) is 124 Å². The summed E-state index contributed by atoms with van der Waals surface area (Å²) in [6.45, 7) is 0. The Morgan fingerprint density at radius 2 is 1.06 bits per heavy atom. The number of rotatable bonds is 5. The van der Waals surface area contributed by atoms with Crippen LogP contribution in [0.5, 0.6) is 28.7 Å². The molecule has 4 rings (SSSR count). The zero-order chi connectivity index (χ0) is 24.7. The Bertz CT molecular complexity index is 1240. The van der Waals surface area contributed by atoms with E-state index in [1.807, 2.05) is 30.3 Å². The Morgan fingerprint density at radius 1 is 0.588 bits per heavy atom. The van der Waals surface area contributed by atoms with Crippen LogP contribution in [0.1, 0.15) is 31.8 Å². The Kier molecular flexibility index (Phi) is 7.51. The minimum absolute atomic E-state index is 0.0308. The van der Waals surface area contributed by atoms with E-state index >= 15 is 0 Å². The molecule has 0 spiro atoms. The minimum atomic E-state index is -0.606. The molecule has 34 heavy (non-hydrogen) atoms. The second-order valence-electron chi connectivity index (χ2n) is 7.16. The van der Waals surface area contributed by atoms with Crippen LogP contribution < -0.4 is 4.74 Å². The lowest BCUT2D eigenvalue weighted by Crippen LogP contribution is -2.01. The zero-order valence-corrected chi connectivity index (χ0v) is 18.2. The van der Waals surface area contributed by atoms with Gasteiger partial charge in [0.2, 0.25) is 0 Å². The fourth-order valence-corrected chi connectivity index (χ4v) is 3.07. The molecule has 7 heteroatoms. The van der Waals surface area contributed by atoms with Crippen LogP contribution in [0.4, 0.5) is 0 Å². The molecule has 4 aromatic rings. The first-order valence-electron chi connectivity index (χ1n) is 10.1. The number of hydrogen-bond acceptors (Lipinski definition) is 7. The summed E-state index contributed by atoms with van der Waals surface area (Å²) in [4.78, 5) is 24.0. The summed E-state index contributed by atoms with van der Waals surface area (Å²) in [6, 6.07) is 23.4. The van der Waals surface area contributed by atoms with E-state index in [1.165, 1.54) is 24.3 Å². The monoisotopic (exact) mass is 458 g/mol. The SMILES string of the molecule is COc1ccc(C(=O)c2ccccc2)cc1.O=C(c1ccc(O)cc1O)c1ccc(O)cc1O. The lowest BCUT2D eigenvalue weighted by Gasteiger charge is -2.06. The molecule has 0 aromatic heterocycles. The molecule has 0 bridgehead atoms. The third kappa shape index (κ3) is 5.72. The maximum Gasteiger partial charge on any atom is 0.200 e. The summed E-state index contributed by atoms with van der Waals surface area (Å²) in [5.74, 6) is -0.921. The van der Waals surface area contributed by atoms with E-state index in [-0.39, 0.29) is 39.9 Å². The fraction of sp³-hybridized carbons (Fsp3) is 0.0370. The number of phenolic OH excluding ortho intramolecular Hbond substituents is 4. The van der Waals surface area contributed by atoms with Gasteiger partial charge in [-0.1, -0.05) is 30.3 Å². The molecule has 7 nitrogen and oxygen atoms in total. The van der Waals surface area contributed by atoms with Gasteiger partial charge >= 0.3 is 0 Å². The van der Waals surface area contributed by atoms with Gasteiger partial charge in [-0.15, -0.1) is 0 Å². The largest absolute Gasteiger partial charge is 0.508 e. The van der Waals surface area contributed by atoms with E-state index in [4.69, 9.17) is 14.9 Å². The lowest BCUT2D eigenvalue weighted by molar-refractivity contribution is 0.102. The number of ether oxygens (including phenoxy) is 1. The minimum Gasteiger partial charge on any atom is -0.508 e. The molecule has 0 saturated heterocycles. The van der Waals surface area contributed by atoms with Gasteiger partial charge in [0.25, 0.3) is 0 Å². The highest BCUT2D eigenvalue weighted by molar-refractivity contribution is 6.12. The molecular formula is C27H22O7. The second-order valence-corrected chi connectivity index (χ2v) is 7.16. The van der Waals surface area contributed by atoms with Crippen molar-refractivity contribution < 1.29 is 34.8 Å². The Hall–Kier alpha value is -4.78. The van der Waals surface area contributed by atoms with Crippen LogP contribution in [0, 0.1) is 0 Å². The van der Waals surface area contributed by atoms with E-state index in [2.05, 4.69) is 0 Å². The van der Waals surface area contributed by atoms with Gasteiger partial charge in [-0.25, -0.2) is 0 Å². The number of benzene rings is 4. The Morgan fingerprint density at radius 3 is 1.50 bits per heavy atom. The highest BCUT2D eigenvalue weighted by atomic mass is 16.5. The lowest BCUT2D eigenvalue weighted by atomic mass is 10.0. The quantitative estimate of drug-likeness (QED) is 0.321. The molecule has 4 aromatic carbocycles. The summed E-state index contributed by atoms with van der Waals surface area (Å²) < 4.78 is 5.04. The van der Waals surface area contributed by atoms with Crippen molar-refractivity contribution in [3.8, 4) is 28.7 Å². The third-order valence-corrected chi connectivity index (χ3v) is 4.84.